The molecule has 5 heteroatoms. The van der Waals surface area contributed by atoms with Crippen LogP contribution in [0.4, 0.5) is 0 Å². The summed E-state index contributed by atoms with van der Waals surface area (Å²) in [5.41, 5.74) is 2.96. The second-order valence-electron chi connectivity index (χ2n) is 4.15. The molecule has 94 valence electrons. The van der Waals surface area contributed by atoms with Gasteiger partial charge in [-0.25, -0.2) is 4.98 Å². The van der Waals surface area contributed by atoms with Gasteiger partial charge in [-0.15, -0.1) is 0 Å². The lowest BCUT2D eigenvalue weighted by atomic mass is 10.1. The smallest absolute Gasteiger partial charge is 0.303 e. The summed E-state index contributed by atoms with van der Waals surface area (Å²) >= 11 is 0. The van der Waals surface area contributed by atoms with Gasteiger partial charge in [0.05, 0.1) is 17.8 Å². The van der Waals surface area contributed by atoms with Crippen molar-refractivity contribution in [2.75, 3.05) is 0 Å². The van der Waals surface area contributed by atoms with Crippen LogP contribution in [-0.2, 0) is 18.3 Å². The number of hydrogen-bond donors (Lipinski definition) is 1. The third kappa shape index (κ3) is 2.40. The Morgan fingerprint density at radius 1 is 1.39 bits per heavy atom. The monoisotopic (exact) mass is 245 g/mol. The number of hydrogen-bond acceptors (Lipinski definition) is 3. The maximum Gasteiger partial charge on any atom is 0.303 e. The van der Waals surface area contributed by atoms with E-state index in [4.69, 9.17) is 5.11 Å². The van der Waals surface area contributed by atoms with Crippen molar-refractivity contribution in [2.24, 2.45) is 7.05 Å². The lowest BCUT2D eigenvalue weighted by Crippen LogP contribution is -2.04. The van der Waals surface area contributed by atoms with E-state index in [2.05, 4.69) is 9.97 Å². The number of rotatable bonds is 4. The van der Waals surface area contributed by atoms with E-state index >= 15 is 0 Å². The molecule has 0 bridgehead atoms. The molecule has 2 aromatic heterocycles. The summed E-state index contributed by atoms with van der Waals surface area (Å²) in [6.07, 6.45) is 4.01. The van der Waals surface area contributed by atoms with E-state index < -0.39 is 5.97 Å². The lowest BCUT2D eigenvalue weighted by Gasteiger charge is -2.05. The molecular weight excluding hydrogens is 230 g/mol. The molecule has 0 saturated heterocycles. The van der Waals surface area contributed by atoms with Gasteiger partial charge in [0.2, 0.25) is 0 Å². The molecule has 0 aliphatic carbocycles. The van der Waals surface area contributed by atoms with Gasteiger partial charge in [-0.1, -0.05) is 0 Å². The zero-order valence-electron chi connectivity index (χ0n) is 10.4. The number of pyridine rings is 1. The molecule has 0 unspecified atom stereocenters. The molecule has 0 amide bonds. The second-order valence-corrected chi connectivity index (χ2v) is 4.15. The average Bonchev–Trinajstić information content (AvgIpc) is 2.63. The largest absolute Gasteiger partial charge is 0.481 e. The van der Waals surface area contributed by atoms with Gasteiger partial charge >= 0.3 is 5.97 Å². The minimum atomic E-state index is -0.805. The van der Waals surface area contributed by atoms with Gasteiger partial charge in [-0.2, -0.15) is 0 Å². The zero-order chi connectivity index (χ0) is 13.1. The number of carbonyl (C=O) groups is 1. The highest BCUT2D eigenvalue weighted by molar-refractivity contribution is 5.67. The number of imidazole rings is 1. The summed E-state index contributed by atoms with van der Waals surface area (Å²) in [4.78, 5) is 19.0. The second kappa shape index (κ2) is 5.00. The number of aliphatic carboxylic acids is 1. The highest BCUT2D eigenvalue weighted by Crippen LogP contribution is 2.23. The van der Waals surface area contributed by atoms with Crippen molar-refractivity contribution >= 4 is 5.97 Å². The van der Waals surface area contributed by atoms with Crippen LogP contribution in [0.2, 0.25) is 0 Å². The minimum absolute atomic E-state index is 0.0973. The first-order valence-corrected chi connectivity index (χ1v) is 5.74. The number of carboxylic acids is 1. The Hall–Kier alpha value is -2.17. The molecule has 18 heavy (non-hydrogen) atoms. The van der Waals surface area contributed by atoms with Crippen LogP contribution in [0.1, 0.15) is 17.9 Å². The van der Waals surface area contributed by atoms with Gasteiger partial charge in [0.1, 0.15) is 5.82 Å². The summed E-state index contributed by atoms with van der Waals surface area (Å²) in [5, 5.41) is 8.71. The molecule has 1 N–H and O–H groups in total. The molecular formula is C13H15N3O2. The van der Waals surface area contributed by atoms with Crippen LogP contribution in [0, 0.1) is 6.92 Å². The molecule has 0 fully saturated rings. The molecule has 0 saturated carbocycles. The molecule has 0 atom stereocenters. The first kappa shape index (κ1) is 12.3. The van der Waals surface area contributed by atoms with Gasteiger partial charge in [0.15, 0.2) is 0 Å². The zero-order valence-corrected chi connectivity index (χ0v) is 10.4. The Kier molecular flexibility index (Phi) is 3.41. The van der Waals surface area contributed by atoms with Crippen LogP contribution in [0.25, 0.3) is 11.3 Å². The van der Waals surface area contributed by atoms with Crippen molar-refractivity contribution in [2.45, 2.75) is 19.8 Å². The van der Waals surface area contributed by atoms with Crippen LogP contribution < -0.4 is 0 Å². The summed E-state index contributed by atoms with van der Waals surface area (Å²) in [6, 6.07) is 3.84. The molecule has 0 radical (unpaired) electrons. The van der Waals surface area contributed by atoms with Crippen molar-refractivity contribution in [1.29, 1.82) is 0 Å². The predicted molar refractivity (Wildman–Crippen MR) is 67.1 cm³/mol. The van der Waals surface area contributed by atoms with Gasteiger partial charge in [-0.3, -0.25) is 9.78 Å². The molecule has 2 heterocycles. The molecule has 0 aliphatic heterocycles. The SMILES string of the molecule is Cc1nc(CCC(=O)O)n(C)c1-c1ccncc1. The number of nitrogens with zero attached hydrogens (tertiary/aromatic N) is 3. The highest BCUT2D eigenvalue weighted by Gasteiger charge is 2.13. The summed E-state index contributed by atoms with van der Waals surface area (Å²) in [5.74, 6) is -0.0113. The van der Waals surface area contributed by atoms with E-state index in [0.29, 0.717) is 6.42 Å². The Balaban J connectivity index is 2.35. The van der Waals surface area contributed by atoms with Gasteiger partial charge in [0, 0.05) is 31.4 Å². The average molecular weight is 245 g/mol. The van der Waals surface area contributed by atoms with Crippen LogP contribution in [0.3, 0.4) is 0 Å². The van der Waals surface area contributed by atoms with Gasteiger partial charge in [0.25, 0.3) is 0 Å². The highest BCUT2D eigenvalue weighted by atomic mass is 16.4. The Labute approximate surface area is 105 Å². The van der Waals surface area contributed by atoms with Crippen LogP contribution in [0.15, 0.2) is 24.5 Å². The lowest BCUT2D eigenvalue weighted by molar-refractivity contribution is -0.137. The summed E-state index contributed by atoms with van der Waals surface area (Å²) in [7, 11) is 1.91. The Morgan fingerprint density at radius 2 is 2.06 bits per heavy atom. The third-order valence-electron chi connectivity index (χ3n) is 2.88. The van der Waals surface area contributed by atoms with Gasteiger partial charge in [-0.05, 0) is 19.1 Å². The van der Waals surface area contributed by atoms with Crippen LogP contribution in [0.5, 0.6) is 0 Å². The van der Waals surface area contributed by atoms with E-state index in [1.807, 2.05) is 30.7 Å². The van der Waals surface area contributed by atoms with Gasteiger partial charge < -0.3 is 9.67 Å². The fourth-order valence-corrected chi connectivity index (χ4v) is 2.05. The first-order valence-electron chi connectivity index (χ1n) is 5.74. The van der Waals surface area contributed by atoms with E-state index in [1.54, 1.807) is 12.4 Å². The number of carboxylic acid groups (broad SMARTS) is 1. The van der Waals surface area contributed by atoms with Crippen molar-refractivity contribution in [3.8, 4) is 11.3 Å². The summed E-state index contributed by atoms with van der Waals surface area (Å²) in [6.45, 7) is 1.93. The number of aryl methyl sites for hydroxylation is 2. The van der Waals surface area contributed by atoms with E-state index in [1.165, 1.54) is 0 Å². The molecule has 5 nitrogen and oxygen atoms in total. The maximum absolute atomic E-state index is 10.6. The third-order valence-corrected chi connectivity index (χ3v) is 2.88. The van der Waals surface area contributed by atoms with Crippen molar-refractivity contribution in [3.05, 3.63) is 36.0 Å². The summed E-state index contributed by atoms with van der Waals surface area (Å²) < 4.78 is 1.95. The molecule has 0 aliphatic rings. The maximum atomic E-state index is 10.6. The fourth-order valence-electron chi connectivity index (χ4n) is 2.05. The Bertz CT molecular complexity index is 561. The normalized spacial score (nSPS) is 10.6. The van der Waals surface area contributed by atoms with E-state index in [0.717, 1.165) is 22.8 Å². The van der Waals surface area contributed by atoms with Crippen molar-refractivity contribution in [1.82, 2.24) is 14.5 Å². The standard InChI is InChI=1S/C13H15N3O2/c1-9-13(10-5-7-14-8-6-10)16(2)11(15-9)3-4-12(17)18/h5-8H,3-4H2,1-2H3,(H,17,18). The topological polar surface area (TPSA) is 68.0 Å². The van der Waals surface area contributed by atoms with E-state index in [-0.39, 0.29) is 6.42 Å². The quantitative estimate of drug-likeness (QED) is 0.892. The van der Waals surface area contributed by atoms with Crippen molar-refractivity contribution < 1.29 is 9.90 Å². The fraction of sp³-hybridized carbons (Fsp3) is 0.308. The molecule has 2 rings (SSSR count). The molecule has 0 aromatic carbocycles. The first-order chi connectivity index (χ1) is 8.59. The predicted octanol–water partition coefficient (Wildman–Crippen LogP) is 1.81. The van der Waals surface area contributed by atoms with Crippen LogP contribution >= 0.6 is 0 Å². The Morgan fingerprint density at radius 3 is 2.67 bits per heavy atom. The van der Waals surface area contributed by atoms with Crippen molar-refractivity contribution in [3.63, 3.8) is 0 Å². The number of aromatic nitrogens is 3. The molecule has 2 aromatic rings. The van der Waals surface area contributed by atoms with E-state index in [9.17, 15) is 4.79 Å². The minimum Gasteiger partial charge on any atom is -0.481 e. The van der Waals surface area contributed by atoms with Crippen LogP contribution in [-0.4, -0.2) is 25.6 Å². The molecule has 0 spiro atoms.